The molecule has 0 fully saturated rings. The van der Waals surface area contributed by atoms with E-state index in [0.29, 0.717) is 17.0 Å². The van der Waals surface area contributed by atoms with Crippen LogP contribution in [-0.4, -0.2) is 24.2 Å². The molecule has 1 heterocycles. The maximum atomic E-state index is 9.69. The summed E-state index contributed by atoms with van der Waals surface area (Å²) in [6, 6.07) is 16.8. The summed E-state index contributed by atoms with van der Waals surface area (Å²) in [6.07, 6.45) is 0. The van der Waals surface area contributed by atoms with Crippen molar-refractivity contribution in [1.29, 1.82) is 5.26 Å². The fourth-order valence-electron chi connectivity index (χ4n) is 2.50. The lowest BCUT2D eigenvalue weighted by atomic mass is 10.0. The Morgan fingerprint density at radius 3 is 1.52 bits per heavy atom. The van der Waals surface area contributed by atoms with Crippen LogP contribution in [0, 0.1) is 11.3 Å². The maximum absolute atomic E-state index is 9.69. The predicted octanol–water partition coefficient (Wildman–Crippen LogP) is 3.28. The predicted molar refractivity (Wildman–Crippen MR) is 95.1 cm³/mol. The van der Waals surface area contributed by atoms with Crippen LogP contribution < -0.4 is 15.2 Å². The van der Waals surface area contributed by atoms with Gasteiger partial charge in [-0.05, 0) is 48.5 Å². The van der Waals surface area contributed by atoms with Gasteiger partial charge in [0.2, 0.25) is 5.95 Å². The Morgan fingerprint density at radius 1 is 0.800 bits per heavy atom. The summed E-state index contributed by atoms with van der Waals surface area (Å²) in [5.74, 6) is 1.55. The average Bonchev–Trinajstić information content (AvgIpc) is 2.67. The van der Waals surface area contributed by atoms with Gasteiger partial charge < -0.3 is 15.2 Å². The van der Waals surface area contributed by atoms with Crippen LogP contribution in [0.4, 0.5) is 5.95 Å². The van der Waals surface area contributed by atoms with Crippen molar-refractivity contribution in [2.45, 2.75) is 0 Å². The van der Waals surface area contributed by atoms with E-state index in [0.717, 1.165) is 22.6 Å². The fraction of sp³-hybridized carbons (Fsp3) is 0.105. The maximum Gasteiger partial charge on any atom is 0.221 e. The molecule has 0 spiro atoms. The fourth-order valence-corrected chi connectivity index (χ4v) is 2.50. The molecular weight excluding hydrogens is 316 g/mol. The van der Waals surface area contributed by atoms with Crippen LogP contribution in [0.2, 0.25) is 0 Å². The molecule has 0 aliphatic carbocycles. The molecule has 3 aromatic rings. The van der Waals surface area contributed by atoms with Gasteiger partial charge in [-0.3, -0.25) is 0 Å². The van der Waals surface area contributed by atoms with Crippen molar-refractivity contribution in [1.82, 2.24) is 9.97 Å². The number of methoxy groups -OCH3 is 2. The number of nitrogens with zero attached hydrogens (tertiary/aromatic N) is 3. The van der Waals surface area contributed by atoms with Crippen LogP contribution in [0.25, 0.3) is 22.5 Å². The Morgan fingerprint density at radius 2 is 1.20 bits per heavy atom. The molecule has 3 rings (SSSR count). The quantitative estimate of drug-likeness (QED) is 0.788. The van der Waals surface area contributed by atoms with Crippen LogP contribution in [0.1, 0.15) is 5.56 Å². The third-order valence-corrected chi connectivity index (χ3v) is 3.77. The van der Waals surface area contributed by atoms with Crippen molar-refractivity contribution in [3.8, 4) is 40.1 Å². The number of nitrogen functional groups attached to an aromatic ring is 1. The SMILES string of the molecule is COc1ccc(-c2nc(N)nc(-c3ccc(OC)cc3)c2C#N)cc1. The zero-order chi connectivity index (χ0) is 17.8. The molecule has 0 aliphatic heterocycles. The van der Waals surface area contributed by atoms with Gasteiger partial charge >= 0.3 is 0 Å². The minimum absolute atomic E-state index is 0.107. The van der Waals surface area contributed by atoms with Gasteiger partial charge in [0, 0.05) is 11.1 Å². The molecule has 0 unspecified atom stereocenters. The van der Waals surface area contributed by atoms with Gasteiger partial charge in [-0.1, -0.05) is 0 Å². The van der Waals surface area contributed by atoms with Crippen molar-refractivity contribution in [2.24, 2.45) is 0 Å². The molecule has 0 amide bonds. The molecule has 0 bridgehead atoms. The summed E-state index contributed by atoms with van der Waals surface area (Å²) < 4.78 is 10.3. The number of rotatable bonds is 4. The molecule has 1 aromatic heterocycles. The van der Waals surface area contributed by atoms with Gasteiger partial charge in [-0.2, -0.15) is 5.26 Å². The largest absolute Gasteiger partial charge is 0.497 e. The van der Waals surface area contributed by atoms with Crippen LogP contribution in [0.3, 0.4) is 0 Å². The molecule has 124 valence electrons. The second kappa shape index (κ2) is 6.89. The number of anilines is 1. The summed E-state index contributed by atoms with van der Waals surface area (Å²) in [6.45, 7) is 0. The van der Waals surface area contributed by atoms with Crippen molar-refractivity contribution < 1.29 is 9.47 Å². The first-order valence-corrected chi connectivity index (χ1v) is 7.52. The van der Waals surface area contributed by atoms with E-state index in [1.807, 2.05) is 48.5 Å². The normalized spacial score (nSPS) is 10.1. The molecule has 0 atom stereocenters. The van der Waals surface area contributed by atoms with E-state index >= 15 is 0 Å². The number of hydrogen-bond acceptors (Lipinski definition) is 6. The first-order valence-electron chi connectivity index (χ1n) is 7.52. The highest BCUT2D eigenvalue weighted by atomic mass is 16.5. The standard InChI is InChI=1S/C19H16N4O2/c1-24-14-7-3-12(4-8-14)17-16(11-20)18(23-19(21)22-17)13-5-9-15(25-2)10-6-13/h3-10H,1-2H3,(H2,21,22,23). The monoisotopic (exact) mass is 332 g/mol. The Kier molecular flexibility index (Phi) is 4.48. The van der Waals surface area contributed by atoms with Gasteiger partial charge in [0.25, 0.3) is 0 Å². The minimum atomic E-state index is 0.107. The van der Waals surface area contributed by atoms with Crippen molar-refractivity contribution in [2.75, 3.05) is 20.0 Å². The van der Waals surface area contributed by atoms with E-state index in [9.17, 15) is 5.26 Å². The zero-order valence-corrected chi connectivity index (χ0v) is 13.9. The van der Waals surface area contributed by atoms with E-state index < -0.39 is 0 Å². The van der Waals surface area contributed by atoms with E-state index in [1.54, 1.807) is 14.2 Å². The number of nitrogens with two attached hydrogens (primary N) is 1. The number of aromatic nitrogens is 2. The molecular formula is C19H16N4O2. The van der Waals surface area contributed by atoms with E-state index in [-0.39, 0.29) is 5.95 Å². The molecule has 0 radical (unpaired) electrons. The third-order valence-electron chi connectivity index (χ3n) is 3.77. The minimum Gasteiger partial charge on any atom is -0.497 e. The van der Waals surface area contributed by atoms with Crippen molar-refractivity contribution in [3.05, 3.63) is 54.1 Å². The summed E-state index contributed by atoms with van der Waals surface area (Å²) in [7, 11) is 3.19. The molecule has 2 N–H and O–H groups in total. The van der Waals surface area contributed by atoms with Crippen LogP contribution in [0.5, 0.6) is 11.5 Å². The van der Waals surface area contributed by atoms with Crippen LogP contribution >= 0.6 is 0 Å². The Hall–Kier alpha value is -3.59. The average molecular weight is 332 g/mol. The van der Waals surface area contributed by atoms with Gasteiger partial charge in [-0.15, -0.1) is 0 Å². The number of hydrogen-bond donors (Lipinski definition) is 1. The van der Waals surface area contributed by atoms with Gasteiger partial charge in [0.05, 0.1) is 25.6 Å². The van der Waals surface area contributed by atoms with Crippen LogP contribution in [-0.2, 0) is 0 Å². The topological polar surface area (TPSA) is 94.1 Å². The highest BCUT2D eigenvalue weighted by Crippen LogP contribution is 2.31. The third kappa shape index (κ3) is 3.21. The molecule has 2 aromatic carbocycles. The van der Waals surface area contributed by atoms with E-state index in [4.69, 9.17) is 15.2 Å². The van der Waals surface area contributed by atoms with E-state index in [2.05, 4.69) is 16.0 Å². The molecule has 6 heteroatoms. The lowest BCUT2D eigenvalue weighted by Gasteiger charge is -2.11. The summed E-state index contributed by atoms with van der Waals surface area (Å²) >= 11 is 0. The lowest BCUT2D eigenvalue weighted by Crippen LogP contribution is -2.03. The Balaban J connectivity index is 2.16. The smallest absolute Gasteiger partial charge is 0.221 e. The summed E-state index contributed by atoms with van der Waals surface area (Å²) in [4.78, 5) is 8.54. The highest BCUT2D eigenvalue weighted by Gasteiger charge is 2.16. The zero-order valence-electron chi connectivity index (χ0n) is 13.9. The van der Waals surface area contributed by atoms with Crippen molar-refractivity contribution >= 4 is 5.95 Å². The first-order chi connectivity index (χ1) is 12.2. The van der Waals surface area contributed by atoms with E-state index in [1.165, 1.54) is 0 Å². The highest BCUT2D eigenvalue weighted by molar-refractivity contribution is 5.78. The summed E-state index contributed by atoms with van der Waals surface area (Å²) in [5, 5.41) is 9.69. The molecule has 0 aliphatic rings. The van der Waals surface area contributed by atoms with Crippen LogP contribution in [0.15, 0.2) is 48.5 Å². The van der Waals surface area contributed by atoms with Gasteiger partial charge in [-0.25, -0.2) is 9.97 Å². The second-order valence-corrected chi connectivity index (χ2v) is 5.22. The molecule has 0 saturated carbocycles. The Labute approximate surface area is 145 Å². The molecule has 6 nitrogen and oxygen atoms in total. The van der Waals surface area contributed by atoms with Gasteiger partial charge in [0.1, 0.15) is 23.1 Å². The molecule has 0 saturated heterocycles. The first kappa shape index (κ1) is 16.3. The Bertz CT molecular complexity index is 861. The summed E-state index contributed by atoms with van der Waals surface area (Å²) in [5.41, 5.74) is 8.76. The number of ether oxygens (including phenoxy) is 2. The lowest BCUT2D eigenvalue weighted by molar-refractivity contribution is 0.415. The van der Waals surface area contributed by atoms with Gasteiger partial charge in [0.15, 0.2) is 0 Å². The van der Waals surface area contributed by atoms with Crippen molar-refractivity contribution in [3.63, 3.8) is 0 Å². The number of nitriles is 1. The number of benzene rings is 2. The molecule has 25 heavy (non-hydrogen) atoms. The second-order valence-electron chi connectivity index (χ2n) is 5.22.